The molecule has 8 heteroatoms. The van der Waals surface area contributed by atoms with Crippen LogP contribution in [0.3, 0.4) is 0 Å². The van der Waals surface area contributed by atoms with E-state index in [1.54, 1.807) is 13.1 Å². The predicted molar refractivity (Wildman–Crippen MR) is 123 cm³/mol. The summed E-state index contributed by atoms with van der Waals surface area (Å²) < 4.78 is 6.42. The minimum atomic E-state index is -0.630. The van der Waals surface area contributed by atoms with Crippen molar-refractivity contribution in [3.63, 3.8) is 0 Å². The van der Waals surface area contributed by atoms with E-state index in [2.05, 4.69) is 34.9 Å². The molecule has 0 radical (unpaired) electrons. The molecule has 1 aromatic rings. The van der Waals surface area contributed by atoms with Crippen LogP contribution in [0.4, 0.5) is 0 Å². The standard InChI is InChI=1S/C22H36N4O3S/c1-4-18-9-19-20(30-18)5-8-29-22(19)6-7-26(16(2)10-22)12-17(25-23)11-24-13-21(3,14-27)15-28/h9,11,16,27-28H,4-8,10,12-15,23H2,1-3H3/b24-11?,25-17+/t16-,22+/m0/s1. The third-order valence-corrected chi connectivity index (χ3v) is 7.80. The van der Waals surface area contributed by atoms with Crippen LogP contribution in [-0.4, -0.2) is 72.5 Å². The van der Waals surface area contributed by atoms with Crippen LogP contribution in [0.1, 0.15) is 48.9 Å². The summed E-state index contributed by atoms with van der Waals surface area (Å²) in [6.45, 7) is 8.69. The quantitative estimate of drug-likeness (QED) is 0.328. The predicted octanol–water partition coefficient (Wildman–Crippen LogP) is 1.94. The van der Waals surface area contributed by atoms with Crippen LogP contribution in [-0.2, 0) is 23.2 Å². The molecular weight excluding hydrogens is 400 g/mol. The van der Waals surface area contributed by atoms with Gasteiger partial charge in [0.2, 0.25) is 0 Å². The van der Waals surface area contributed by atoms with Gasteiger partial charge in [-0.25, -0.2) is 0 Å². The van der Waals surface area contributed by atoms with Gasteiger partial charge in [-0.2, -0.15) is 5.10 Å². The normalized spacial score (nSPS) is 25.9. The van der Waals surface area contributed by atoms with Crippen molar-refractivity contribution in [1.29, 1.82) is 0 Å². The Kier molecular flexibility index (Phi) is 7.68. The van der Waals surface area contributed by atoms with Crippen molar-refractivity contribution in [1.82, 2.24) is 4.90 Å². The Hall–Kier alpha value is -1.32. The van der Waals surface area contributed by atoms with Crippen molar-refractivity contribution < 1.29 is 14.9 Å². The molecule has 0 amide bonds. The number of hydrazone groups is 1. The van der Waals surface area contributed by atoms with Gasteiger partial charge >= 0.3 is 0 Å². The molecular formula is C22H36N4O3S. The number of aliphatic hydroxyl groups excluding tert-OH is 2. The highest BCUT2D eigenvalue weighted by molar-refractivity contribution is 7.12. The van der Waals surface area contributed by atoms with Crippen molar-refractivity contribution in [2.75, 3.05) is 39.5 Å². The van der Waals surface area contributed by atoms with Crippen LogP contribution in [0.15, 0.2) is 16.2 Å². The second-order valence-corrected chi connectivity index (χ2v) is 10.2. The van der Waals surface area contributed by atoms with Crippen LogP contribution >= 0.6 is 11.3 Å². The zero-order chi connectivity index (χ0) is 21.8. The molecule has 1 spiro atoms. The minimum absolute atomic E-state index is 0.120. The molecule has 2 aliphatic rings. The summed E-state index contributed by atoms with van der Waals surface area (Å²) in [5, 5.41) is 22.7. The lowest BCUT2D eigenvalue weighted by molar-refractivity contribution is -0.108. The first-order valence-corrected chi connectivity index (χ1v) is 11.7. The number of hydrogen-bond acceptors (Lipinski definition) is 8. The van der Waals surface area contributed by atoms with Gasteiger partial charge in [0, 0.05) is 53.5 Å². The summed E-state index contributed by atoms with van der Waals surface area (Å²) in [6.07, 6.45) is 5.70. The molecule has 30 heavy (non-hydrogen) atoms. The van der Waals surface area contributed by atoms with Crippen LogP contribution < -0.4 is 5.84 Å². The van der Waals surface area contributed by atoms with E-state index in [1.165, 1.54) is 15.3 Å². The zero-order valence-corrected chi connectivity index (χ0v) is 19.2. The Morgan fingerprint density at radius 3 is 2.87 bits per heavy atom. The average Bonchev–Trinajstić information content (AvgIpc) is 3.20. The lowest BCUT2D eigenvalue weighted by atomic mass is 9.79. The molecule has 3 rings (SSSR count). The first kappa shape index (κ1) is 23.3. The van der Waals surface area contributed by atoms with Gasteiger partial charge in [-0.1, -0.05) is 13.8 Å². The van der Waals surface area contributed by atoms with Crippen molar-refractivity contribution in [2.45, 2.75) is 58.1 Å². The fourth-order valence-corrected chi connectivity index (χ4v) is 5.53. The van der Waals surface area contributed by atoms with Crippen LogP contribution in [0, 0.1) is 5.41 Å². The van der Waals surface area contributed by atoms with Crippen LogP contribution in [0.2, 0.25) is 0 Å². The van der Waals surface area contributed by atoms with E-state index < -0.39 is 5.41 Å². The van der Waals surface area contributed by atoms with Gasteiger partial charge in [-0.3, -0.25) is 9.89 Å². The van der Waals surface area contributed by atoms with E-state index in [1.807, 2.05) is 11.3 Å². The van der Waals surface area contributed by atoms with E-state index in [4.69, 9.17) is 10.6 Å². The fraction of sp³-hybridized carbons (Fsp3) is 0.727. The first-order valence-electron chi connectivity index (χ1n) is 10.9. The molecule has 1 saturated heterocycles. The maximum Gasteiger partial charge on any atom is 0.0969 e. The molecule has 7 nitrogen and oxygen atoms in total. The van der Waals surface area contributed by atoms with Gasteiger partial charge in [0.05, 0.1) is 31.1 Å². The van der Waals surface area contributed by atoms with E-state index in [0.29, 0.717) is 24.8 Å². The molecule has 3 heterocycles. The molecule has 1 aromatic heterocycles. The van der Waals surface area contributed by atoms with Crippen LogP contribution in [0.25, 0.3) is 0 Å². The van der Waals surface area contributed by atoms with E-state index in [9.17, 15) is 10.2 Å². The van der Waals surface area contributed by atoms with E-state index in [-0.39, 0.29) is 18.8 Å². The van der Waals surface area contributed by atoms with Gasteiger partial charge in [0.15, 0.2) is 0 Å². The number of hydrogen-bond donors (Lipinski definition) is 3. The second-order valence-electron chi connectivity index (χ2n) is 8.99. The summed E-state index contributed by atoms with van der Waals surface area (Å²) in [5.41, 5.74) is 1.33. The highest BCUT2D eigenvalue weighted by Gasteiger charge is 2.44. The summed E-state index contributed by atoms with van der Waals surface area (Å²) in [5.74, 6) is 5.62. The third-order valence-electron chi connectivity index (χ3n) is 6.47. The molecule has 4 N–H and O–H groups in total. The molecule has 0 aliphatic carbocycles. The Labute approximate surface area is 183 Å². The maximum atomic E-state index is 9.40. The van der Waals surface area contributed by atoms with Gasteiger partial charge in [-0.15, -0.1) is 11.3 Å². The summed E-state index contributed by atoms with van der Waals surface area (Å²) in [6, 6.07) is 2.71. The van der Waals surface area contributed by atoms with E-state index >= 15 is 0 Å². The number of thiophene rings is 1. The molecule has 0 unspecified atom stereocenters. The number of piperidine rings is 1. The van der Waals surface area contributed by atoms with Crippen molar-refractivity contribution in [2.24, 2.45) is 21.4 Å². The smallest absolute Gasteiger partial charge is 0.0969 e. The molecule has 2 atom stereocenters. The molecule has 0 saturated carbocycles. The van der Waals surface area contributed by atoms with Crippen LogP contribution in [0.5, 0.6) is 0 Å². The van der Waals surface area contributed by atoms with Gasteiger partial charge in [0.25, 0.3) is 0 Å². The minimum Gasteiger partial charge on any atom is -0.396 e. The Morgan fingerprint density at radius 1 is 1.47 bits per heavy atom. The Bertz CT molecular complexity index is 774. The third kappa shape index (κ3) is 4.94. The van der Waals surface area contributed by atoms with Crippen molar-refractivity contribution in [3.05, 3.63) is 21.4 Å². The van der Waals surface area contributed by atoms with Gasteiger partial charge in [0.1, 0.15) is 0 Å². The van der Waals surface area contributed by atoms with Gasteiger partial charge < -0.3 is 20.8 Å². The summed E-state index contributed by atoms with van der Waals surface area (Å²) in [7, 11) is 0. The summed E-state index contributed by atoms with van der Waals surface area (Å²) in [4.78, 5) is 9.70. The molecule has 1 fully saturated rings. The lowest BCUT2D eigenvalue weighted by Gasteiger charge is -2.47. The highest BCUT2D eigenvalue weighted by atomic mass is 32.1. The topological polar surface area (TPSA) is 104 Å². The molecule has 0 aromatic carbocycles. The number of aliphatic imine (C=N–C) groups is 1. The number of ether oxygens (including phenoxy) is 1. The van der Waals surface area contributed by atoms with Gasteiger partial charge in [-0.05, 0) is 37.8 Å². The number of nitrogens with two attached hydrogens (primary N) is 1. The Morgan fingerprint density at radius 2 is 2.23 bits per heavy atom. The number of aryl methyl sites for hydroxylation is 1. The average molecular weight is 437 g/mol. The fourth-order valence-electron chi connectivity index (χ4n) is 4.35. The highest BCUT2D eigenvalue weighted by Crippen LogP contribution is 2.46. The largest absolute Gasteiger partial charge is 0.396 e. The molecule has 168 valence electrons. The summed E-state index contributed by atoms with van der Waals surface area (Å²) >= 11 is 1.95. The number of rotatable bonds is 8. The second kappa shape index (κ2) is 9.87. The maximum absolute atomic E-state index is 9.40. The van der Waals surface area contributed by atoms with E-state index in [0.717, 1.165) is 38.8 Å². The molecule has 0 bridgehead atoms. The van der Waals surface area contributed by atoms with Crippen molar-refractivity contribution >= 4 is 23.3 Å². The monoisotopic (exact) mass is 436 g/mol. The van der Waals surface area contributed by atoms with Crippen molar-refractivity contribution in [3.8, 4) is 0 Å². The Balaban J connectivity index is 1.64. The number of aliphatic hydroxyl groups is 2. The number of nitrogens with zero attached hydrogens (tertiary/aromatic N) is 3. The number of fused-ring (bicyclic) bond motifs is 2. The number of likely N-dealkylation sites (tertiary alicyclic amines) is 1. The SMILES string of the molecule is CCc1cc2c(s1)CCO[C@@]21CCN(C/C(C=NCC(C)(CO)CO)=N/N)[C@@H](C)C1. The lowest BCUT2D eigenvalue weighted by Crippen LogP contribution is -2.51. The zero-order valence-electron chi connectivity index (χ0n) is 18.4. The first-order chi connectivity index (χ1) is 14.4. The molecule has 2 aliphatic heterocycles.